The molecule has 4 nitrogen and oxygen atoms in total. The van der Waals surface area contributed by atoms with E-state index >= 15 is 0 Å². The second-order valence-corrected chi connectivity index (χ2v) is 5.63. The van der Waals surface area contributed by atoms with Crippen molar-refractivity contribution in [2.24, 2.45) is 5.92 Å². The van der Waals surface area contributed by atoms with E-state index in [0.717, 1.165) is 25.7 Å². The highest BCUT2D eigenvalue weighted by molar-refractivity contribution is 7.89. The van der Waals surface area contributed by atoms with E-state index in [-0.39, 0.29) is 17.8 Å². The second kappa shape index (κ2) is 4.39. The molecule has 0 bridgehead atoms. The van der Waals surface area contributed by atoms with Crippen molar-refractivity contribution >= 4 is 10.0 Å². The average Bonchev–Trinajstić information content (AvgIpc) is 2.09. The van der Waals surface area contributed by atoms with Crippen molar-refractivity contribution in [3.05, 3.63) is 0 Å². The number of sulfonamides is 1. The van der Waals surface area contributed by atoms with Gasteiger partial charge in [0.2, 0.25) is 10.0 Å². The molecular formula is C8H17NO3S. The minimum absolute atomic E-state index is 0.205. The fourth-order valence-electron chi connectivity index (χ4n) is 1.71. The zero-order chi connectivity index (χ0) is 9.90. The average molecular weight is 207 g/mol. The third kappa shape index (κ3) is 3.62. The van der Waals surface area contributed by atoms with E-state index in [2.05, 4.69) is 4.72 Å². The quantitative estimate of drug-likeness (QED) is 0.689. The lowest BCUT2D eigenvalue weighted by molar-refractivity contribution is 0.113. The van der Waals surface area contributed by atoms with Gasteiger partial charge in [0, 0.05) is 0 Å². The van der Waals surface area contributed by atoms with Crippen LogP contribution < -0.4 is 4.72 Å². The summed E-state index contributed by atoms with van der Waals surface area (Å²) in [7, 11) is -1.63. The molecule has 0 heterocycles. The first-order valence-electron chi connectivity index (χ1n) is 4.63. The molecule has 0 atom stereocenters. The first-order valence-corrected chi connectivity index (χ1v) is 6.28. The van der Waals surface area contributed by atoms with Crippen LogP contribution in [0.3, 0.4) is 0 Å². The molecule has 0 saturated heterocycles. The Labute approximate surface area is 79.4 Å². The standard InChI is InChI=1S/C8H17NO3S/c1-9-13(11,12)6-7-2-4-8(10)5-3-7/h7-10H,2-6H2,1H3/t7-,8-. The van der Waals surface area contributed by atoms with Crippen molar-refractivity contribution in [2.75, 3.05) is 12.8 Å². The van der Waals surface area contributed by atoms with Crippen molar-refractivity contribution in [1.82, 2.24) is 4.72 Å². The molecule has 0 spiro atoms. The maximum Gasteiger partial charge on any atom is 0.211 e. The molecule has 1 rings (SSSR count). The van der Waals surface area contributed by atoms with Crippen LogP contribution in [-0.4, -0.2) is 32.4 Å². The first kappa shape index (κ1) is 10.9. The molecular weight excluding hydrogens is 190 g/mol. The summed E-state index contributed by atoms with van der Waals surface area (Å²) in [4.78, 5) is 0. The lowest BCUT2D eigenvalue weighted by atomic mass is 9.89. The molecule has 2 N–H and O–H groups in total. The first-order chi connectivity index (χ1) is 6.03. The van der Waals surface area contributed by atoms with Gasteiger partial charge in [-0.3, -0.25) is 0 Å². The maximum absolute atomic E-state index is 11.2. The van der Waals surface area contributed by atoms with Gasteiger partial charge in [0.15, 0.2) is 0 Å². The van der Waals surface area contributed by atoms with E-state index in [4.69, 9.17) is 0 Å². The van der Waals surface area contributed by atoms with Crippen LogP contribution in [0, 0.1) is 5.92 Å². The molecule has 1 aliphatic carbocycles. The highest BCUT2D eigenvalue weighted by Gasteiger charge is 2.23. The van der Waals surface area contributed by atoms with Gasteiger partial charge in [-0.1, -0.05) is 0 Å². The monoisotopic (exact) mass is 207 g/mol. The van der Waals surface area contributed by atoms with Gasteiger partial charge >= 0.3 is 0 Å². The Morgan fingerprint density at radius 3 is 2.31 bits per heavy atom. The largest absolute Gasteiger partial charge is 0.393 e. The summed E-state index contributed by atoms with van der Waals surface area (Å²) >= 11 is 0. The molecule has 0 aromatic heterocycles. The Balaban J connectivity index is 2.39. The molecule has 0 aromatic carbocycles. The molecule has 0 aliphatic heterocycles. The van der Waals surface area contributed by atoms with Crippen LogP contribution in [0.25, 0.3) is 0 Å². The van der Waals surface area contributed by atoms with Crippen molar-refractivity contribution < 1.29 is 13.5 Å². The lowest BCUT2D eigenvalue weighted by Crippen LogP contribution is -2.29. The number of nitrogens with one attached hydrogen (secondary N) is 1. The Bertz CT molecular complexity index is 242. The minimum Gasteiger partial charge on any atom is -0.393 e. The number of aliphatic hydroxyl groups excluding tert-OH is 1. The van der Waals surface area contributed by atoms with Gasteiger partial charge in [-0.25, -0.2) is 13.1 Å². The smallest absolute Gasteiger partial charge is 0.211 e. The Hall–Kier alpha value is -0.130. The number of hydrogen-bond donors (Lipinski definition) is 2. The highest BCUT2D eigenvalue weighted by atomic mass is 32.2. The van der Waals surface area contributed by atoms with Gasteiger partial charge in [-0.05, 0) is 38.6 Å². The molecule has 13 heavy (non-hydrogen) atoms. The van der Waals surface area contributed by atoms with Crippen LogP contribution >= 0.6 is 0 Å². The van der Waals surface area contributed by atoms with Crippen molar-refractivity contribution in [1.29, 1.82) is 0 Å². The number of rotatable bonds is 3. The van der Waals surface area contributed by atoms with Crippen LogP contribution in [0.4, 0.5) is 0 Å². The van der Waals surface area contributed by atoms with Crippen molar-refractivity contribution in [3.63, 3.8) is 0 Å². The SMILES string of the molecule is CNS(=O)(=O)C[C@H]1CC[C@H](O)CC1. The van der Waals surface area contributed by atoms with Gasteiger partial charge in [-0.15, -0.1) is 0 Å². The Morgan fingerprint density at radius 1 is 1.31 bits per heavy atom. The summed E-state index contributed by atoms with van der Waals surface area (Å²) in [5.74, 6) is 0.428. The van der Waals surface area contributed by atoms with E-state index in [9.17, 15) is 13.5 Å². The summed E-state index contributed by atoms with van der Waals surface area (Å²) in [5, 5.41) is 9.22. The zero-order valence-corrected chi connectivity index (χ0v) is 8.68. The predicted molar refractivity (Wildman–Crippen MR) is 50.8 cm³/mol. The molecule has 1 aliphatic rings. The fraction of sp³-hybridized carbons (Fsp3) is 1.00. The van der Waals surface area contributed by atoms with Crippen molar-refractivity contribution in [2.45, 2.75) is 31.8 Å². The molecule has 0 radical (unpaired) electrons. The van der Waals surface area contributed by atoms with Gasteiger partial charge in [0.05, 0.1) is 11.9 Å². The molecule has 1 fully saturated rings. The molecule has 5 heteroatoms. The van der Waals surface area contributed by atoms with Crippen LogP contribution in [0.15, 0.2) is 0 Å². The van der Waals surface area contributed by atoms with Gasteiger partial charge in [0.25, 0.3) is 0 Å². The molecule has 1 saturated carbocycles. The van der Waals surface area contributed by atoms with Crippen molar-refractivity contribution in [3.8, 4) is 0 Å². The van der Waals surface area contributed by atoms with E-state index in [1.54, 1.807) is 0 Å². The maximum atomic E-state index is 11.2. The minimum atomic E-state index is -3.07. The third-order valence-corrected chi connectivity index (χ3v) is 4.11. The number of hydrogen-bond acceptors (Lipinski definition) is 3. The summed E-state index contributed by atoms with van der Waals surface area (Å²) in [6, 6.07) is 0. The fourth-order valence-corrected chi connectivity index (χ4v) is 2.83. The lowest BCUT2D eigenvalue weighted by Gasteiger charge is -2.24. The van der Waals surface area contributed by atoms with Crippen LogP contribution in [0.5, 0.6) is 0 Å². The van der Waals surface area contributed by atoms with E-state index in [0.29, 0.717) is 0 Å². The Morgan fingerprint density at radius 2 is 1.85 bits per heavy atom. The zero-order valence-electron chi connectivity index (χ0n) is 7.86. The summed E-state index contributed by atoms with van der Waals surface area (Å²) in [5.41, 5.74) is 0. The summed E-state index contributed by atoms with van der Waals surface area (Å²) in [6.07, 6.45) is 2.91. The van der Waals surface area contributed by atoms with E-state index in [1.807, 2.05) is 0 Å². The Kier molecular flexibility index (Phi) is 3.70. The molecule has 0 unspecified atom stereocenters. The predicted octanol–water partition coefficient (Wildman–Crippen LogP) is 0.0867. The van der Waals surface area contributed by atoms with Gasteiger partial charge < -0.3 is 5.11 Å². The van der Waals surface area contributed by atoms with Crippen LogP contribution in [-0.2, 0) is 10.0 Å². The normalized spacial score (nSPS) is 30.3. The summed E-state index contributed by atoms with van der Waals surface area (Å²) in [6.45, 7) is 0. The highest BCUT2D eigenvalue weighted by Crippen LogP contribution is 2.24. The van der Waals surface area contributed by atoms with Gasteiger partial charge in [0.1, 0.15) is 0 Å². The molecule has 78 valence electrons. The van der Waals surface area contributed by atoms with E-state index < -0.39 is 10.0 Å². The topological polar surface area (TPSA) is 66.4 Å². The molecule has 0 amide bonds. The number of aliphatic hydroxyl groups is 1. The van der Waals surface area contributed by atoms with E-state index in [1.165, 1.54) is 7.05 Å². The van der Waals surface area contributed by atoms with Gasteiger partial charge in [-0.2, -0.15) is 0 Å². The second-order valence-electron chi connectivity index (χ2n) is 3.66. The molecule has 0 aromatic rings. The third-order valence-electron chi connectivity index (χ3n) is 2.58. The van der Waals surface area contributed by atoms with Crippen LogP contribution in [0.1, 0.15) is 25.7 Å². The summed E-state index contributed by atoms with van der Waals surface area (Å²) < 4.78 is 24.7. The van der Waals surface area contributed by atoms with Crippen LogP contribution in [0.2, 0.25) is 0 Å².